The molecule has 0 saturated carbocycles. The van der Waals surface area contributed by atoms with Crippen LogP contribution in [0.1, 0.15) is 28.8 Å². The fourth-order valence-electron chi connectivity index (χ4n) is 3.89. The number of rotatable bonds is 7. The van der Waals surface area contributed by atoms with E-state index in [1.54, 1.807) is 6.07 Å². The van der Waals surface area contributed by atoms with Gasteiger partial charge in [-0.25, -0.2) is 9.78 Å². The molecule has 2 aliphatic heterocycles. The lowest BCUT2D eigenvalue weighted by molar-refractivity contribution is -0.137. The smallest absolute Gasteiger partial charge is 0.416 e. The molecule has 2 aliphatic rings. The van der Waals surface area contributed by atoms with Crippen LogP contribution in [0.2, 0.25) is 0 Å². The lowest BCUT2D eigenvalue weighted by Gasteiger charge is -2.26. The zero-order valence-electron chi connectivity index (χ0n) is 17.1. The number of carboxylic acids is 1. The van der Waals surface area contributed by atoms with Crippen molar-refractivity contribution < 1.29 is 37.3 Å². The molecule has 0 aliphatic carbocycles. The number of alkyl halides is 3. The highest BCUT2D eigenvalue weighted by atomic mass is 19.4. The van der Waals surface area contributed by atoms with E-state index in [0.29, 0.717) is 44.4 Å². The summed E-state index contributed by atoms with van der Waals surface area (Å²) in [6.45, 7) is 2.06. The molecule has 0 spiro atoms. The Labute approximate surface area is 182 Å². The zero-order valence-corrected chi connectivity index (χ0v) is 17.1. The number of aromatic nitrogens is 1. The number of halogens is 3. The van der Waals surface area contributed by atoms with Crippen LogP contribution in [0.5, 0.6) is 5.75 Å². The number of pyridine rings is 1. The van der Waals surface area contributed by atoms with Crippen LogP contribution in [0.4, 0.5) is 19.0 Å². The van der Waals surface area contributed by atoms with Crippen molar-refractivity contribution in [1.29, 1.82) is 0 Å². The predicted molar refractivity (Wildman–Crippen MR) is 108 cm³/mol. The van der Waals surface area contributed by atoms with E-state index in [9.17, 15) is 18.0 Å². The van der Waals surface area contributed by atoms with E-state index < -0.39 is 17.7 Å². The van der Waals surface area contributed by atoms with Gasteiger partial charge in [0, 0.05) is 19.2 Å². The van der Waals surface area contributed by atoms with Crippen molar-refractivity contribution >= 4 is 11.8 Å². The van der Waals surface area contributed by atoms with E-state index in [1.165, 1.54) is 24.4 Å². The minimum absolute atomic E-state index is 0.0223. The van der Waals surface area contributed by atoms with Gasteiger partial charge in [0.2, 0.25) is 0 Å². The maximum absolute atomic E-state index is 12.8. The maximum Gasteiger partial charge on any atom is 0.416 e. The van der Waals surface area contributed by atoms with Gasteiger partial charge in [-0.3, -0.25) is 0 Å². The number of benzene rings is 1. The number of carbonyl (C=O) groups is 1. The molecule has 2 fully saturated rings. The third kappa shape index (κ3) is 5.31. The Morgan fingerprint density at radius 2 is 1.97 bits per heavy atom. The van der Waals surface area contributed by atoms with E-state index in [0.717, 1.165) is 18.6 Å². The third-order valence-electron chi connectivity index (χ3n) is 5.56. The summed E-state index contributed by atoms with van der Waals surface area (Å²) in [6.07, 6.45) is -1.97. The molecule has 4 rings (SSSR count). The van der Waals surface area contributed by atoms with E-state index in [2.05, 4.69) is 4.98 Å². The Morgan fingerprint density at radius 1 is 1.19 bits per heavy atom. The second-order valence-corrected chi connectivity index (χ2v) is 7.83. The van der Waals surface area contributed by atoms with Crippen LogP contribution in [-0.2, 0) is 15.7 Å². The standard InChI is InChI=1S/C22H23F3N2O5/c23-22(24,25)15-2-4-17(5-3-15)32-19-9-16(12-31-18-7-8-30-13-18)27(11-19)20-6-1-14(10-26-20)21(28)29/h1-6,10,16,18-19H,7-9,11-13H2,(H,28,29)/t16-,18-,19+/m0/s1. The Balaban J connectivity index is 1.46. The van der Waals surface area contributed by atoms with Crippen LogP contribution in [-0.4, -0.2) is 60.7 Å². The number of aromatic carboxylic acids is 1. The Kier molecular flexibility index (Phi) is 6.52. The first-order chi connectivity index (χ1) is 15.3. The van der Waals surface area contributed by atoms with Crippen molar-refractivity contribution in [2.45, 2.75) is 37.3 Å². The van der Waals surface area contributed by atoms with E-state index >= 15 is 0 Å². The molecule has 0 bridgehead atoms. The predicted octanol–water partition coefficient (Wildman–Crippen LogP) is 3.63. The molecule has 10 heteroatoms. The highest BCUT2D eigenvalue weighted by Gasteiger charge is 2.36. The van der Waals surface area contributed by atoms with Crippen molar-refractivity contribution in [3.8, 4) is 5.75 Å². The molecular formula is C22H23F3N2O5. The summed E-state index contributed by atoms with van der Waals surface area (Å²) < 4.78 is 55.6. The molecule has 0 radical (unpaired) electrons. The molecule has 0 amide bonds. The summed E-state index contributed by atoms with van der Waals surface area (Å²) in [5, 5.41) is 9.10. The number of hydrogen-bond donors (Lipinski definition) is 1. The Hall–Kier alpha value is -2.85. The van der Waals surface area contributed by atoms with Crippen LogP contribution in [0.3, 0.4) is 0 Å². The third-order valence-corrected chi connectivity index (χ3v) is 5.56. The highest BCUT2D eigenvalue weighted by molar-refractivity contribution is 5.87. The summed E-state index contributed by atoms with van der Waals surface area (Å²) >= 11 is 0. The number of hydrogen-bond acceptors (Lipinski definition) is 6. The van der Waals surface area contributed by atoms with Gasteiger partial charge in [0.25, 0.3) is 0 Å². The molecule has 0 unspecified atom stereocenters. The van der Waals surface area contributed by atoms with Crippen LogP contribution in [0.25, 0.3) is 0 Å². The molecule has 2 aromatic rings. The molecule has 7 nitrogen and oxygen atoms in total. The van der Waals surface area contributed by atoms with Crippen molar-refractivity contribution in [3.05, 3.63) is 53.7 Å². The van der Waals surface area contributed by atoms with E-state index in [-0.39, 0.29) is 23.8 Å². The first-order valence-corrected chi connectivity index (χ1v) is 10.3. The van der Waals surface area contributed by atoms with Crippen LogP contribution < -0.4 is 9.64 Å². The quantitative estimate of drug-likeness (QED) is 0.687. The molecule has 2 saturated heterocycles. The first-order valence-electron chi connectivity index (χ1n) is 10.3. The van der Waals surface area contributed by atoms with Gasteiger partial charge in [0.05, 0.1) is 43.0 Å². The molecule has 1 N–H and O–H groups in total. The van der Waals surface area contributed by atoms with Gasteiger partial charge in [0.15, 0.2) is 0 Å². The van der Waals surface area contributed by atoms with Crippen molar-refractivity contribution in [1.82, 2.24) is 4.98 Å². The monoisotopic (exact) mass is 452 g/mol. The number of ether oxygens (including phenoxy) is 3. The van der Waals surface area contributed by atoms with Gasteiger partial charge in [-0.05, 0) is 42.8 Å². The van der Waals surface area contributed by atoms with Gasteiger partial charge >= 0.3 is 12.1 Å². The average Bonchev–Trinajstić information content (AvgIpc) is 3.42. The van der Waals surface area contributed by atoms with Crippen molar-refractivity contribution in [3.63, 3.8) is 0 Å². The molecule has 3 atom stereocenters. The summed E-state index contributed by atoms with van der Waals surface area (Å²) in [4.78, 5) is 17.4. The maximum atomic E-state index is 12.8. The lowest BCUT2D eigenvalue weighted by atomic mass is 10.2. The number of nitrogens with zero attached hydrogens (tertiary/aromatic N) is 2. The van der Waals surface area contributed by atoms with E-state index in [4.69, 9.17) is 19.3 Å². The number of anilines is 1. The van der Waals surface area contributed by atoms with Crippen molar-refractivity contribution in [2.75, 3.05) is 31.3 Å². The summed E-state index contributed by atoms with van der Waals surface area (Å²) in [5.74, 6) is -0.122. The minimum atomic E-state index is -4.40. The topological polar surface area (TPSA) is 81.1 Å². The average molecular weight is 452 g/mol. The molecule has 172 valence electrons. The number of carboxylic acid groups (broad SMARTS) is 1. The van der Waals surface area contributed by atoms with Gasteiger partial charge in [-0.15, -0.1) is 0 Å². The van der Waals surface area contributed by atoms with Crippen LogP contribution in [0.15, 0.2) is 42.6 Å². The van der Waals surface area contributed by atoms with Crippen molar-refractivity contribution in [2.24, 2.45) is 0 Å². The second kappa shape index (κ2) is 9.33. The first kappa shape index (κ1) is 22.3. The SMILES string of the molecule is O=C(O)c1ccc(N2C[C@H](Oc3ccc(C(F)(F)F)cc3)C[C@H]2CO[C@H]2CCOC2)nc1. The summed E-state index contributed by atoms with van der Waals surface area (Å²) in [7, 11) is 0. The van der Waals surface area contributed by atoms with Crippen LogP contribution in [0, 0.1) is 0 Å². The summed E-state index contributed by atoms with van der Waals surface area (Å²) in [5.41, 5.74) is -0.646. The van der Waals surface area contributed by atoms with E-state index in [1.807, 2.05) is 4.90 Å². The van der Waals surface area contributed by atoms with Gasteiger partial charge in [-0.1, -0.05) is 0 Å². The van der Waals surface area contributed by atoms with Crippen LogP contribution >= 0.6 is 0 Å². The molecule has 3 heterocycles. The fourth-order valence-corrected chi connectivity index (χ4v) is 3.89. The minimum Gasteiger partial charge on any atom is -0.489 e. The largest absolute Gasteiger partial charge is 0.489 e. The Morgan fingerprint density at radius 3 is 2.56 bits per heavy atom. The Bertz CT molecular complexity index is 915. The normalized spacial score (nSPS) is 23.5. The van der Waals surface area contributed by atoms with Gasteiger partial charge < -0.3 is 24.2 Å². The summed E-state index contributed by atoms with van der Waals surface area (Å²) in [6, 6.07) is 7.65. The lowest BCUT2D eigenvalue weighted by Crippen LogP contribution is -2.35. The molecule has 32 heavy (non-hydrogen) atoms. The molecule has 1 aromatic heterocycles. The highest BCUT2D eigenvalue weighted by Crippen LogP contribution is 2.32. The fraction of sp³-hybridized carbons (Fsp3) is 0.455. The molecular weight excluding hydrogens is 429 g/mol. The van der Waals surface area contributed by atoms with Gasteiger partial charge in [0.1, 0.15) is 17.7 Å². The zero-order chi connectivity index (χ0) is 22.7. The molecule has 1 aromatic carbocycles. The van der Waals surface area contributed by atoms with Gasteiger partial charge in [-0.2, -0.15) is 13.2 Å². The second-order valence-electron chi connectivity index (χ2n) is 7.83.